The molecule has 4 heterocycles. The maximum atomic E-state index is 6.00. The molecule has 0 unspecified atom stereocenters. The van der Waals surface area contributed by atoms with Crippen LogP contribution in [0.4, 0.5) is 0 Å². The first-order valence-electron chi connectivity index (χ1n) is 8.74. The summed E-state index contributed by atoms with van der Waals surface area (Å²) in [6.07, 6.45) is 0.857. The van der Waals surface area contributed by atoms with Gasteiger partial charge in [0.2, 0.25) is 4.77 Å². The molecular formula is C19H18N4OS3. The summed E-state index contributed by atoms with van der Waals surface area (Å²) in [7, 11) is 0. The number of H-pyrrole nitrogens is 1. The molecule has 8 heteroatoms. The molecule has 1 aliphatic rings. The number of ether oxygens (including phenoxy) is 1. The molecule has 0 spiro atoms. The molecule has 0 fully saturated rings. The Kier molecular flexibility index (Phi) is 4.12. The maximum Gasteiger partial charge on any atom is 0.201 e. The molecule has 1 aromatic carbocycles. The standard InChI is InChI=1S/C19H18N4OS3/c1-19(2)8-12-13(9-24-19)27-16-14(12)15-21-22-17(25)23(15)18(20-16)26-10-11-6-4-3-5-7-11/h3-7H,8-10H2,1-2H3,(H,22,25). The summed E-state index contributed by atoms with van der Waals surface area (Å²) in [5.74, 6) is 0.836. The highest BCUT2D eigenvalue weighted by Gasteiger charge is 2.31. The SMILES string of the molecule is CC1(C)Cc2c(sc3nc(SCc4ccccc4)n4c(=S)[nH]nc4c23)CO1. The fourth-order valence-electron chi connectivity index (χ4n) is 3.45. The van der Waals surface area contributed by atoms with E-state index < -0.39 is 0 Å². The zero-order valence-corrected chi connectivity index (χ0v) is 17.4. The molecule has 27 heavy (non-hydrogen) atoms. The Bertz CT molecular complexity index is 1210. The van der Waals surface area contributed by atoms with Crippen molar-refractivity contribution in [2.75, 3.05) is 0 Å². The number of aromatic amines is 1. The lowest BCUT2D eigenvalue weighted by Gasteiger charge is -2.30. The molecule has 5 rings (SSSR count). The van der Waals surface area contributed by atoms with Gasteiger partial charge in [-0.25, -0.2) is 9.38 Å². The summed E-state index contributed by atoms with van der Waals surface area (Å²) < 4.78 is 8.55. The number of thiophene rings is 1. The smallest absolute Gasteiger partial charge is 0.201 e. The van der Waals surface area contributed by atoms with E-state index >= 15 is 0 Å². The highest BCUT2D eigenvalue weighted by molar-refractivity contribution is 7.98. The van der Waals surface area contributed by atoms with Gasteiger partial charge in [-0.2, -0.15) is 5.10 Å². The molecular weight excluding hydrogens is 396 g/mol. The highest BCUT2D eigenvalue weighted by Crippen LogP contribution is 2.40. The van der Waals surface area contributed by atoms with Gasteiger partial charge in [-0.3, -0.25) is 5.10 Å². The van der Waals surface area contributed by atoms with Gasteiger partial charge >= 0.3 is 0 Å². The van der Waals surface area contributed by atoms with Gasteiger partial charge in [0.05, 0.1) is 17.6 Å². The van der Waals surface area contributed by atoms with Crippen molar-refractivity contribution >= 4 is 51.2 Å². The zero-order chi connectivity index (χ0) is 18.6. The molecule has 1 N–H and O–H groups in total. The van der Waals surface area contributed by atoms with Gasteiger partial charge in [-0.15, -0.1) is 11.3 Å². The molecule has 5 nitrogen and oxygen atoms in total. The number of benzene rings is 1. The van der Waals surface area contributed by atoms with Crippen molar-refractivity contribution < 1.29 is 4.74 Å². The van der Waals surface area contributed by atoms with Gasteiger partial charge in [0.25, 0.3) is 0 Å². The lowest BCUT2D eigenvalue weighted by Crippen LogP contribution is -2.31. The first-order chi connectivity index (χ1) is 13.0. The van der Waals surface area contributed by atoms with Crippen molar-refractivity contribution in [1.29, 1.82) is 0 Å². The predicted octanol–water partition coefficient (Wildman–Crippen LogP) is 5.15. The molecule has 0 saturated carbocycles. The van der Waals surface area contributed by atoms with Crippen LogP contribution in [-0.4, -0.2) is 25.2 Å². The van der Waals surface area contributed by atoms with Gasteiger partial charge in [0.15, 0.2) is 10.8 Å². The number of thioether (sulfide) groups is 1. The van der Waals surface area contributed by atoms with Crippen LogP contribution in [0.3, 0.4) is 0 Å². The molecule has 138 valence electrons. The number of rotatable bonds is 3. The first kappa shape index (κ1) is 17.4. The van der Waals surface area contributed by atoms with Crippen LogP contribution in [0.2, 0.25) is 0 Å². The Morgan fingerprint density at radius 3 is 2.96 bits per heavy atom. The molecule has 1 aliphatic heterocycles. The minimum Gasteiger partial charge on any atom is -0.370 e. The Morgan fingerprint density at radius 2 is 2.15 bits per heavy atom. The summed E-state index contributed by atoms with van der Waals surface area (Å²) in [6.45, 7) is 4.89. The summed E-state index contributed by atoms with van der Waals surface area (Å²) >= 11 is 8.91. The van der Waals surface area contributed by atoms with E-state index in [2.05, 4.69) is 48.3 Å². The Hall–Kier alpha value is -1.74. The monoisotopic (exact) mass is 414 g/mol. The third kappa shape index (κ3) is 3.00. The van der Waals surface area contributed by atoms with Crippen LogP contribution in [0.25, 0.3) is 15.9 Å². The third-order valence-electron chi connectivity index (χ3n) is 4.76. The Morgan fingerprint density at radius 1 is 1.33 bits per heavy atom. The molecule has 0 atom stereocenters. The van der Waals surface area contributed by atoms with Crippen molar-refractivity contribution in [2.45, 2.75) is 43.4 Å². The highest BCUT2D eigenvalue weighted by atomic mass is 32.2. The first-order valence-corrected chi connectivity index (χ1v) is 10.9. The fraction of sp³-hybridized carbons (Fsp3) is 0.316. The zero-order valence-electron chi connectivity index (χ0n) is 15.0. The molecule has 4 aromatic rings. The maximum absolute atomic E-state index is 6.00. The van der Waals surface area contributed by atoms with E-state index in [9.17, 15) is 0 Å². The number of nitrogens with one attached hydrogen (secondary N) is 1. The van der Waals surface area contributed by atoms with Gasteiger partial charge in [-0.05, 0) is 37.2 Å². The second-order valence-electron chi connectivity index (χ2n) is 7.27. The predicted molar refractivity (Wildman–Crippen MR) is 112 cm³/mol. The van der Waals surface area contributed by atoms with Crippen LogP contribution in [0.5, 0.6) is 0 Å². The van der Waals surface area contributed by atoms with Crippen molar-refractivity contribution in [3.63, 3.8) is 0 Å². The van der Waals surface area contributed by atoms with Crippen LogP contribution in [0, 0.1) is 4.77 Å². The molecule has 0 bridgehead atoms. The van der Waals surface area contributed by atoms with Crippen LogP contribution >= 0.6 is 35.3 Å². The number of nitrogens with zero attached hydrogens (tertiary/aromatic N) is 3. The van der Waals surface area contributed by atoms with Crippen molar-refractivity contribution in [2.24, 2.45) is 0 Å². The van der Waals surface area contributed by atoms with Crippen molar-refractivity contribution in [3.05, 3.63) is 51.1 Å². The van der Waals surface area contributed by atoms with E-state index in [1.54, 1.807) is 23.1 Å². The van der Waals surface area contributed by atoms with Gasteiger partial charge in [-0.1, -0.05) is 42.1 Å². The van der Waals surface area contributed by atoms with Crippen molar-refractivity contribution in [1.82, 2.24) is 19.6 Å². The molecule has 0 aliphatic carbocycles. The normalized spacial score (nSPS) is 16.1. The van der Waals surface area contributed by atoms with E-state index in [1.165, 1.54) is 16.0 Å². The summed E-state index contributed by atoms with van der Waals surface area (Å²) in [6, 6.07) is 10.4. The van der Waals surface area contributed by atoms with Gasteiger partial charge in [0, 0.05) is 17.1 Å². The Labute approximate surface area is 169 Å². The van der Waals surface area contributed by atoms with E-state index in [1.807, 2.05) is 10.5 Å². The fourth-order valence-corrected chi connectivity index (χ4v) is 5.83. The van der Waals surface area contributed by atoms with Crippen LogP contribution < -0.4 is 0 Å². The van der Waals surface area contributed by atoms with E-state index in [-0.39, 0.29) is 5.60 Å². The van der Waals surface area contributed by atoms with E-state index in [0.717, 1.165) is 33.2 Å². The Balaban J connectivity index is 1.66. The van der Waals surface area contributed by atoms with Gasteiger partial charge in [0.1, 0.15) is 4.83 Å². The largest absolute Gasteiger partial charge is 0.370 e. The quantitative estimate of drug-likeness (QED) is 0.286. The minimum absolute atomic E-state index is 0.175. The van der Waals surface area contributed by atoms with E-state index in [0.29, 0.717) is 11.4 Å². The summed E-state index contributed by atoms with van der Waals surface area (Å²) in [5, 5.41) is 9.50. The van der Waals surface area contributed by atoms with Crippen molar-refractivity contribution in [3.8, 4) is 0 Å². The second-order valence-corrected chi connectivity index (χ2v) is 9.68. The molecule has 3 aromatic heterocycles. The lowest BCUT2D eigenvalue weighted by molar-refractivity contribution is -0.0379. The molecule has 0 amide bonds. The average molecular weight is 415 g/mol. The molecule has 0 saturated heterocycles. The number of hydrogen-bond donors (Lipinski definition) is 1. The van der Waals surface area contributed by atoms with Gasteiger partial charge < -0.3 is 4.74 Å². The number of hydrogen-bond acceptors (Lipinski definition) is 6. The van der Waals surface area contributed by atoms with Crippen LogP contribution in [0.15, 0.2) is 35.5 Å². The topological polar surface area (TPSA) is 55.2 Å². The molecule has 0 radical (unpaired) electrons. The second kappa shape index (κ2) is 6.41. The third-order valence-corrected chi connectivity index (χ3v) is 7.15. The summed E-state index contributed by atoms with van der Waals surface area (Å²) in [5.41, 5.74) is 3.26. The lowest BCUT2D eigenvalue weighted by atomic mass is 9.94. The number of aromatic nitrogens is 4. The summed E-state index contributed by atoms with van der Waals surface area (Å²) in [4.78, 5) is 7.23. The van der Waals surface area contributed by atoms with Crippen LogP contribution in [-0.2, 0) is 23.5 Å². The number of fused-ring (bicyclic) bond motifs is 5. The minimum atomic E-state index is -0.175. The van der Waals surface area contributed by atoms with Crippen LogP contribution in [0.1, 0.15) is 29.9 Å². The van der Waals surface area contributed by atoms with E-state index in [4.69, 9.17) is 21.9 Å². The average Bonchev–Trinajstić information content (AvgIpc) is 3.20.